The molecule has 7 nitrogen and oxygen atoms in total. The van der Waals surface area contributed by atoms with Gasteiger partial charge in [0.25, 0.3) is 11.8 Å². The van der Waals surface area contributed by atoms with Gasteiger partial charge >= 0.3 is 0 Å². The monoisotopic (exact) mass is 493 g/mol. The molecule has 1 heterocycles. The summed E-state index contributed by atoms with van der Waals surface area (Å²) in [7, 11) is -3.44. The van der Waals surface area contributed by atoms with E-state index in [0.717, 1.165) is 11.9 Å². The first-order valence-electron chi connectivity index (χ1n) is 10.2. The maximum absolute atomic E-state index is 12.6. The number of aromatic nitrogens is 1. The van der Waals surface area contributed by atoms with Crippen molar-refractivity contribution in [1.82, 2.24) is 4.57 Å². The molecule has 1 aromatic heterocycles. The Morgan fingerprint density at radius 3 is 2.12 bits per heavy atom. The van der Waals surface area contributed by atoms with Gasteiger partial charge in [0.2, 0.25) is 0 Å². The first-order valence-corrected chi connectivity index (χ1v) is 12.4. The molecule has 34 heavy (non-hydrogen) atoms. The molecular weight excluding hydrogens is 474 g/mol. The molecule has 172 valence electrons. The van der Waals surface area contributed by atoms with E-state index in [0.29, 0.717) is 16.9 Å². The lowest BCUT2D eigenvalue weighted by Gasteiger charge is -2.11. The minimum absolute atomic E-state index is 0.0469. The van der Waals surface area contributed by atoms with Crippen molar-refractivity contribution in [2.24, 2.45) is 0 Å². The Morgan fingerprint density at radius 2 is 1.47 bits per heavy atom. The topological polar surface area (TPSA) is 97.3 Å². The van der Waals surface area contributed by atoms with E-state index in [-0.39, 0.29) is 21.4 Å². The number of halogens is 1. The molecule has 0 saturated heterocycles. The van der Waals surface area contributed by atoms with Gasteiger partial charge in [0.15, 0.2) is 9.84 Å². The molecule has 0 radical (unpaired) electrons. The van der Waals surface area contributed by atoms with Crippen molar-refractivity contribution < 1.29 is 18.0 Å². The molecule has 9 heteroatoms. The second kappa shape index (κ2) is 9.54. The summed E-state index contributed by atoms with van der Waals surface area (Å²) < 4.78 is 25.4. The van der Waals surface area contributed by atoms with Crippen molar-refractivity contribution in [3.05, 3.63) is 107 Å². The number of benzene rings is 3. The second-order valence-electron chi connectivity index (χ2n) is 7.54. The number of sulfone groups is 1. The normalized spacial score (nSPS) is 11.1. The number of hydrogen-bond donors (Lipinski definition) is 2. The standard InChI is InChI=1S/C25H20ClN3O4S/c1-34(32,33)21-6-4-5-18(15-21)25(31)28-23-12-9-19(16-22(23)26)27-24(30)17-7-10-20(11-8-17)29-13-2-3-14-29/h2-16H,1H3,(H,27,30)(H,28,31). The van der Waals surface area contributed by atoms with Crippen LogP contribution in [0.15, 0.2) is 96.2 Å². The van der Waals surface area contributed by atoms with Crippen LogP contribution in [0.25, 0.3) is 5.69 Å². The lowest BCUT2D eigenvalue weighted by molar-refractivity contribution is 0.101. The van der Waals surface area contributed by atoms with Crippen molar-refractivity contribution in [3.8, 4) is 5.69 Å². The number of rotatable bonds is 6. The van der Waals surface area contributed by atoms with Gasteiger partial charge in [-0.05, 0) is 72.8 Å². The van der Waals surface area contributed by atoms with E-state index in [1.54, 1.807) is 24.3 Å². The van der Waals surface area contributed by atoms with Gasteiger partial charge in [-0.15, -0.1) is 0 Å². The zero-order valence-corrected chi connectivity index (χ0v) is 19.6. The van der Waals surface area contributed by atoms with E-state index >= 15 is 0 Å². The van der Waals surface area contributed by atoms with E-state index < -0.39 is 15.7 Å². The summed E-state index contributed by atoms with van der Waals surface area (Å²) >= 11 is 6.31. The minimum atomic E-state index is -3.44. The summed E-state index contributed by atoms with van der Waals surface area (Å²) in [6.07, 6.45) is 4.91. The molecule has 0 unspecified atom stereocenters. The highest BCUT2D eigenvalue weighted by atomic mass is 35.5. The Labute approximate surface area is 201 Å². The van der Waals surface area contributed by atoms with Crippen molar-refractivity contribution >= 4 is 44.6 Å². The Hall–Kier alpha value is -3.88. The van der Waals surface area contributed by atoms with Gasteiger partial charge in [-0.2, -0.15) is 0 Å². The summed E-state index contributed by atoms with van der Waals surface area (Å²) in [5.74, 6) is -0.809. The fourth-order valence-corrected chi connectivity index (χ4v) is 4.15. The molecule has 0 fully saturated rings. The minimum Gasteiger partial charge on any atom is -0.324 e. The summed E-state index contributed by atoms with van der Waals surface area (Å²) in [5, 5.41) is 5.65. The van der Waals surface area contributed by atoms with Gasteiger partial charge < -0.3 is 15.2 Å². The molecule has 3 aromatic carbocycles. The molecular formula is C25H20ClN3O4S. The summed E-state index contributed by atoms with van der Waals surface area (Å²) in [5.41, 5.74) is 2.38. The highest BCUT2D eigenvalue weighted by Gasteiger charge is 2.14. The maximum atomic E-state index is 12.6. The Balaban J connectivity index is 1.44. The number of carbonyl (C=O) groups excluding carboxylic acids is 2. The van der Waals surface area contributed by atoms with Gasteiger partial charge in [-0.25, -0.2) is 8.42 Å². The SMILES string of the molecule is CS(=O)(=O)c1cccc(C(=O)Nc2ccc(NC(=O)c3ccc(-n4cccc4)cc3)cc2Cl)c1. The van der Waals surface area contributed by atoms with Gasteiger partial charge in [-0.3, -0.25) is 9.59 Å². The molecule has 4 aromatic rings. The average molecular weight is 494 g/mol. The first kappa shape index (κ1) is 23.3. The zero-order valence-electron chi connectivity index (χ0n) is 18.0. The van der Waals surface area contributed by atoms with Crippen LogP contribution in [0.3, 0.4) is 0 Å². The van der Waals surface area contributed by atoms with E-state index in [1.165, 1.54) is 30.3 Å². The third-order valence-electron chi connectivity index (χ3n) is 5.03. The fourth-order valence-electron chi connectivity index (χ4n) is 3.25. The number of hydrogen-bond acceptors (Lipinski definition) is 4. The predicted molar refractivity (Wildman–Crippen MR) is 133 cm³/mol. The van der Waals surface area contributed by atoms with Crippen LogP contribution in [0.5, 0.6) is 0 Å². The third-order valence-corrected chi connectivity index (χ3v) is 6.45. The van der Waals surface area contributed by atoms with E-state index in [4.69, 9.17) is 11.6 Å². The lowest BCUT2D eigenvalue weighted by atomic mass is 10.1. The molecule has 2 N–H and O–H groups in total. The quantitative estimate of drug-likeness (QED) is 0.393. The number of nitrogens with one attached hydrogen (secondary N) is 2. The molecule has 0 aliphatic carbocycles. The molecule has 0 bridgehead atoms. The smallest absolute Gasteiger partial charge is 0.255 e. The van der Waals surface area contributed by atoms with Gasteiger partial charge in [0, 0.05) is 41.2 Å². The predicted octanol–water partition coefficient (Wildman–Crippen LogP) is 5.04. The van der Waals surface area contributed by atoms with Crippen molar-refractivity contribution in [2.75, 3.05) is 16.9 Å². The van der Waals surface area contributed by atoms with Gasteiger partial charge in [0.1, 0.15) is 0 Å². The van der Waals surface area contributed by atoms with Crippen LogP contribution in [0.1, 0.15) is 20.7 Å². The Morgan fingerprint density at radius 1 is 0.794 bits per heavy atom. The molecule has 0 aliphatic heterocycles. The number of nitrogens with zero attached hydrogens (tertiary/aromatic N) is 1. The average Bonchev–Trinajstić information content (AvgIpc) is 3.35. The summed E-state index contributed by atoms with van der Waals surface area (Å²) in [6, 6.07) is 21.4. The van der Waals surface area contributed by atoms with Crippen LogP contribution in [-0.2, 0) is 9.84 Å². The lowest BCUT2D eigenvalue weighted by Crippen LogP contribution is -2.14. The van der Waals surface area contributed by atoms with Crippen LogP contribution in [0.2, 0.25) is 5.02 Å². The summed E-state index contributed by atoms with van der Waals surface area (Å²) in [6.45, 7) is 0. The Bertz CT molecular complexity index is 1460. The number of carbonyl (C=O) groups is 2. The van der Waals surface area contributed by atoms with Crippen LogP contribution >= 0.6 is 11.6 Å². The van der Waals surface area contributed by atoms with Crippen molar-refractivity contribution in [3.63, 3.8) is 0 Å². The molecule has 2 amide bonds. The Kier molecular flexibility index (Phi) is 6.54. The van der Waals surface area contributed by atoms with Gasteiger partial charge in [0.05, 0.1) is 15.6 Å². The van der Waals surface area contributed by atoms with E-state index in [1.807, 2.05) is 41.2 Å². The van der Waals surface area contributed by atoms with Crippen LogP contribution in [0.4, 0.5) is 11.4 Å². The van der Waals surface area contributed by atoms with E-state index in [2.05, 4.69) is 10.6 Å². The third kappa shape index (κ3) is 5.36. The molecule has 0 saturated carbocycles. The molecule has 0 aliphatic rings. The molecule has 0 spiro atoms. The number of amides is 2. The first-order chi connectivity index (χ1) is 16.2. The largest absolute Gasteiger partial charge is 0.324 e. The van der Waals surface area contributed by atoms with E-state index in [9.17, 15) is 18.0 Å². The maximum Gasteiger partial charge on any atom is 0.255 e. The van der Waals surface area contributed by atoms with Crippen LogP contribution in [0, 0.1) is 0 Å². The number of anilines is 2. The van der Waals surface area contributed by atoms with Gasteiger partial charge in [-0.1, -0.05) is 17.7 Å². The fraction of sp³-hybridized carbons (Fsp3) is 0.0400. The van der Waals surface area contributed by atoms with Crippen molar-refractivity contribution in [2.45, 2.75) is 4.90 Å². The van der Waals surface area contributed by atoms with Crippen molar-refractivity contribution in [1.29, 1.82) is 0 Å². The second-order valence-corrected chi connectivity index (χ2v) is 9.96. The molecule has 4 rings (SSSR count). The summed E-state index contributed by atoms with van der Waals surface area (Å²) in [4.78, 5) is 25.2. The van der Waals surface area contributed by atoms with Crippen LogP contribution < -0.4 is 10.6 Å². The molecule has 0 atom stereocenters. The van der Waals surface area contributed by atoms with Crippen LogP contribution in [-0.4, -0.2) is 31.1 Å². The highest BCUT2D eigenvalue weighted by molar-refractivity contribution is 7.90. The highest BCUT2D eigenvalue weighted by Crippen LogP contribution is 2.27. The zero-order chi connectivity index (χ0) is 24.3.